The van der Waals surface area contributed by atoms with Crippen molar-refractivity contribution in [1.29, 1.82) is 0 Å². The van der Waals surface area contributed by atoms with E-state index in [9.17, 15) is 13.2 Å². The largest absolute Gasteiger partial charge is 0.392 e. The minimum absolute atomic E-state index is 0.0135. The molecule has 0 aliphatic carbocycles. The average molecular weight is 227 g/mol. The Labute approximate surface area is 89.8 Å². The molecule has 1 rings (SSSR count). The Morgan fingerprint density at radius 2 is 1.94 bits per heavy atom. The van der Waals surface area contributed by atoms with Gasteiger partial charge in [-0.05, 0) is 11.1 Å². The second kappa shape index (κ2) is 5.23. The number of nitrogens with zero attached hydrogens (tertiary/aromatic N) is 3. The number of alkyl halides is 3. The summed E-state index contributed by atoms with van der Waals surface area (Å²) in [5.74, 6) is 0. The minimum atomic E-state index is -4.30. The summed E-state index contributed by atoms with van der Waals surface area (Å²) in [6.07, 6.45) is -4.55. The molecule has 84 valence electrons. The van der Waals surface area contributed by atoms with Crippen LogP contribution in [0.3, 0.4) is 0 Å². The predicted octanol–water partition coefficient (Wildman–Crippen LogP) is 4.29. The summed E-state index contributed by atoms with van der Waals surface area (Å²) in [4.78, 5) is 2.50. The molecule has 0 saturated carbocycles. The van der Waals surface area contributed by atoms with Crippen molar-refractivity contribution in [2.45, 2.75) is 12.6 Å². The van der Waals surface area contributed by atoms with Crippen molar-refractivity contribution < 1.29 is 13.2 Å². The summed E-state index contributed by atoms with van der Waals surface area (Å²) in [6, 6.07) is 8.20. The number of allylic oxidation sites excluding steroid dienone is 1. The maximum Gasteiger partial charge on any atom is 0.392 e. The maximum absolute atomic E-state index is 12.0. The zero-order valence-electron chi connectivity index (χ0n) is 8.15. The Kier molecular flexibility index (Phi) is 3.96. The zero-order valence-corrected chi connectivity index (χ0v) is 8.15. The topological polar surface area (TPSA) is 48.8 Å². The summed E-state index contributed by atoms with van der Waals surface area (Å²) in [5, 5.41) is 3.24. The van der Waals surface area contributed by atoms with Crippen LogP contribution in [-0.4, -0.2) is 6.18 Å². The Morgan fingerprint density at radius 1 is 1.31 bits per heavy atom. The molecule has 3 nitrogen and oxygen atoms in total. The fraction of sp³-hybridized carbons (Fsp3) is 0.200. The Bertz CT molecular complexity index is 417. The van der Waals surface area contributed by atoms with E-state index in [0.29, 0.717) is 5.56 Å². The highest BCUT2D eigenvalue weighted by atomic mass is 19.4. The Hall–Kier alpha value is -1.94. The van der Waals surface area contributed by atoms with Crippen LogP contribution in [0, 0.1) is 0 Å². The van der Waals surface area contributed by atoms with Crippen LogP contribution in [-0.2, 0) is 0 Å². The first-order chi connectivity index (χ1) is 7.53. The molecule has 16 heavy (non-hydrogen) atoms. The molecule has 1 aromatic rings. The molecule has 0 heterocycles. The van der Waals surface area contributed by atoms with Crippen LogP contribution < -0.4 is 0 Å². The van der Waals surface area contributed by atoms with E-state index < -0.39 is 12.6 Å². The lowest BCUT2D eigenvalue weighted by Gasteiger charge is -2.04. The molecule has 0 N–H and O–H groups in total. The molecule has 0 aliphatic heterocycles. The highest BCUT2D eigenvalue weighted by Gasteiger charge is 2.25. The summed E-state index contributed by atoms with van der Waals surface area (Å²) in [6.45, 7) is 0. The number of hydrogen-bond donors (Lipinski definition) is 0. The monoisotopic (exact) mass is 227 g/mol. The van der Waals surface area contributed by atoms with E-state index in [-0.39, 0.29) is 5.70 Å². The minimum Gasteiger partial charge on any atom is -0.171 e. The van der Waals surface area contributed by atoms with E-state index >= 15 is 0 Å². The van der Waals surface area contributed by atoms with E-state index in [1.54, 1.807) is 30.3 Å². The highest BCUT2D eigenvalue weighted by molar-refractivity contribution is 5.64. The van der Waals surface area contributed by atoms with Crippen molar-refractivity contribution in [2.75, 3.05) is 0 Å². The number of benzene rings is 1. The van der Waals surface area contributed by atoms with Crippen molar-refractivity contribution in [3.63, 3.8) is 0 Å². The molecule has 0 amide bonds. The van der Waals surface area contributed by atoms with Gasteiger partial charge in [0.25, 0.3) is 0 Å². The van der Waals surface area contributed by atoms with Crippen molar-refractivity contribution in [3.05, 3.63) is 52.4 Å². The first kappa shape index (κ1) is 12.1. The average Bonchev–Trinajstić information content (AvgIpc) is 2.24. The molecule has 6 heteroatoms. The van der Waals surface area contributed by atoms with Crippen LogP contribution in [0.4, 0.5) is 13.2 Å². The lowest BCUT2D eigenvalue weighted by Crippen LogP contribution is -2.04. The molecule has 0 atom stereocenters. The quantitative estimate of drug-likeness (QED) is 0.420. The van der Waals surface area contributed by atoms with Crippen LogP contribution in [0.1, 0.15) is 12.0 Å². The van der Waals surface area contributed by atoms with Crippen molar-refractivity contribution in [3.8, 4) is 0 Å². The predicted molar refractivity (Wildman–Crippen MR) is 54.2 cm³/mol. The SMILES string of the molecule is [N-]=[N+]=NC(=CCC(F)(F)F)c1ccccc1. The number of azide groups is 1. The molecule has 0 saturated heterocycles. The number of halogens is 3. The maximum atomic E-state index is 12.0. The van der Waals surface area contributed by atoms with Gasteiger partial charge >= 0.3 is 6.18 Å². The summed E-state index contributed by atoms with van der Waals surface area (Å²) in [7, 11) is 0. The van der Waals surface area contributed by atoms with Gasteiger partial charge in [-0.1, -0.05) is 41.5 Å². The molecular formula is C10H8F3N3. The third-order valence-corrected chi connectivity index (χ3v) is 1.75. The van der Waals surface area contributed by atoms with E-state index in [0.717, 1.165) is 6.08 Å². The fourth-order valence-corrected chi connectivity index (χ4v) is 1.09. The molecule has 0 radical (unpaired) electrons. The van der Waals surface area contributed by atoms with Gasteiger partial charge in [-0.3, -0.25) is 0 Å². The Morgan fingerprint density at radius 3 is 2.44 bits per heavy atom. The van der Waals surface area contributed by atoms with Gasteiger partial charge in [0.1, 0.15) is 0 Å². The fourth-order valence-electron chi connectivity index (χ4n) is 1.09. The van der Waals surface area contributed by atoms with Crippen molar-refractivity contribution >= 4 is 5.70 Å². The van der Waals surface area contributed by atoms with Gasteiger partial charge in [-0.15, -0.1) is 0 Å². The normalized spacial score (nSPS) is 12.1. The van der Waals surface area contributed by atoms with Gasteiger partial charge in [0, 0.05) is 10.6 Å². The van der Waals surface area contributed by atoms with Gasteiger partial charge in [-0.25, -0.2) is 0 Å². The second-order valence-electron chi connectivity index (χ2n) is 2.96. The first-order valence-electron chi connectivity index (χ1n) is 4.40. The van der Waals surface area contributed by atoms with Gasteiger partial charge in [0.2, 0.25) is 0 Å². The van der Waals surface area contributed by atoms with Crippen LogP contribution in [0.25, 0.3) is 16.1 Å². The zero-order chi connectivity index (χ0) is 12.0. The van der Waals surface area contributed by atoms with Crippen molar-refractivity contribution in [2.24, 2.45) is 5.11 Å². The first-order valence-corrected chi connectivity index (χ1v) is 4.40. The molecule has 0 aliphatic rings. The van der Waals surface area contributed by atoms with Crippen LogP contribution in [0.15, 0.2) is 41.5 Å². The smallest absolute Gasteiger partial charge is 0.171 e. The van der Waals surface area contributed by atoms with Gasteiger partial charge in [0.15, 0.2) is 0 Å². The number of hydrogen-bond acceptors (Lipinski definition) is 1. The summed E-state index contributed by atoms with van der Waals surface area (Å²) in [5.41, 5.74) is 8.71. The third-order valence-electron chi connectivity index (χ3n) is 1.75. The second-order valence-corrected chi connectivity index (χ2v) is 2.96. The van der Waals surface area contributed by atoms with E-state index in [1.807, 2.05) is 0 Å². The molecule has 0 bridgehead atoms. The molecule has 0 aromatic heterocycles. The van der Waals surface area contributed by atoms with E-state index in [1.165, 1.54) is 0 Å². The van der Waals surface area contributed by atoms with Crippen LogP contribution in [0.5, 0.6) is 0 Å². The molecule has 0 fully saturated rings. The lowest BCUT2D eigenvalue weighted by molar-refractivity contribution is -0.124. The summed E-state index contributed by atoms with van der Waals surface area (Å²) < 4.78 is 36.0. The highest BCUT2D eigenvalue weighted by Crippen LogP contribution is 2.24. The summed E-state index contributed by atoms with van der Waals surface area (Å²) >= 11 is 0. The van der Waals surface area contributed by atoms with Gasteiger partial charge < -0.3 is 0 Å². The molecular weight excluding hydrogens is 219 g/mol. The third kappa shape index (κ3) is 4.06. The van der Waals surface area contributed by atoms with Crippen LogP contribution in [0.2, 0.25) is 0 Å². The molecule has 0 spiro atoms. The van der Waals surface area contributed by atoms with Crippen molar-refractivity contribution in [1.82, 2.24) is 0 Å². The number of rotatable bonds is 3. The standard InChI is InChI=1S/C10H8F3N3/c11-10(12,13)7-6-9(15-16-14)8-4-2-1-3-5-8/h1-6H,7H2. The lowest BCUT2D eigenvalue weighted by atomic mass is 10.1. The van der Waals surface area contributed by atoms with Gasteiger partial charge in [-0.2, -0.15) is 13.2 Å². The van der Waals surface area contributed by atoms with Gasteiger partial charge in [0.05, 0.1) is 6.42 Å². The Balaban J connectivity index is 2.97. The van der Waals surface area contributed by atoms with E-state index in [4.69, 9.17) is 5.53 Å². The van der Waals surface area contributed by atoms with E-state index in [2.05, 4.69) is 10.0 Å². The molecule has 0 unspecified atom stereocenters. The van der Waals surface area contributed by atoms with Crippen LogP contribution >= 0.6 is 0 Å². The molecule has 1 aromatic carbocycles.